The normalized spacial score (nSPS) is 20.1. The molecule has 184 valence electrons. The van der Waals surface area contributed by atoms with E-state index in [-0.39, 0.29) is 18.6 Å². The first-order valence-electron chi connectivity index (χ1n) is 13.1. The Kier molecular flexibility index (Phi) is 5.10. The van der Waals surface area contributed by atoms with Gasteiger partial charge in [0.1, 0.15) is 6.29 Å². The third-order valence-corrected chi connectivity index (χ3v) is 8.92. The SMILES string of the molecule is c1ccc(C2NC(c3ccccc3)NC(n3c4ccccc4c4ccc5c6ccccc6sc5c43)N2)cc1. The molecule has 0 amide bonds. The van der Waals surface area contributed by atoms with Crippen LogP contribution >= 0.6 is 11.3 Å². The van der Waals surface area contributed by atoms with E-state index in [0.717, 1.165) is 0 Å². The molecule has 5 aromatic carbocycles. The third-order valence-electron chi connectivity index (χ3n) is 7.72. The smallest absolute Gasteiger partial charge is 0.142 e. The van der Waals surface area contributed by atoms with Crippen molar-refractivity contribution in [2.24, 2.45) is 0 Å². The molecule has 7 aromatic rings. The van der Waals surface area contributed by atoms with E-state index in [4.69, 9.17) is 0 Å². The lowest BCUT2D eigenvalue weighted by Gasteiger charge is -2.40. The zero-order chi connectivity index (χ0) is 25.1. The predicted molar refractivity (Wildman–Crippen MR) is 159 cm³/mol. The highest BCUT2D eigenvalue weighted by Gasteiger charge is 2.31. The Hall–Kier alpha value is -4.00. The van der Waals surface area contributed by atoms with Gasteiger partial charge >= 0.3 is 0 Å². The number of rotatable bonds is 3. The molecule has 1 aliphatic rings. The number of hydrogen-bond donors (Lipinski definition) is 3. The fourth-order valence-electron chi connectivity index (χ4n) is 5.98. The van der Waals surface area contributed by atoms with E-state index in [1.54, 1.807) is 0 Å². The van der Waals surface area contributed by atoms with Crippen LogP contribution in [0.4, 0.5) is 0 Å². The fraction of sp³-hybridized carbons (Fsp3) is 0.0909. The summed E-state index contributed by atoms with van der Waals surface area (Å²) in [6.07, 6.45) is -0.180. The molecule has 2 atom stereocenters. The molecule has 3 heterocycles. The molecule has 0 aliphatic carbocycles. The van der Waals surface area contributed by atoms with E-state index in [9.17, 15) is 0 Å². The summed E-state index contributed by atoms with van der Waals surface area (Å²) < 4.78 is 5.13. The summed E-state index contributed by atoms with van der Waals surface area (Å²) in [4.78, 5) is 0. The number of para-hydroxylation sites is 1. The van der Waals surface area contributed by atoms with E-state index in [2.05, 4.69) is 142 Å². The van der Waals surface area contributed by atoms with Crippen LogP contribution in [0.3, 0.4) is 0 Å². The van der Waals surface area contributed by atoms with E-state index in [1.165, 1.54) is 53.1 Å². The average Bonchev–Trinajstić information content (AvgIpc) is 3.54. The summed E-state index contributed by atoms with van der Waals surface area (Å²) in [5, 5.41) is 16.8. The van der Waals surface area contributed by atoms with Crippen LogP contribution in [0.15, 0.2) is 121 Å². The summed E-state index contributed by atoms with van der Waals surface area (Å²) in [6.45, 7) is 0. The van der Waals surface area contributed by atoms with Crippen molar-refractivity contribution in [3.05, 3.63) is 132 Å². The quantitative estimate of drug-likeness (QED) is 0.227. The second kappa shape index (κ2) is 8.79. The van der Waals surface area contributed by atoms with Gasteiger partial charge in [0, 0.05) is 26.2 Å². The lowest BCUT2D eigenvalue weighted by atomic mass is 10.1. The van der Waals surface area contributed by atoms with Crippen molar-refractivity contribution in [2.45, 2.75) is 18.6 Å². The minimum atomic E-state index is -0.134. The van der Waals surface area contributed by atoms with Crippen molar-refractivity contribution in [3.8, 4) is 0 Å². The number of thiophene rings is 1. The highest BCUT2D eigenvalue weighted by Crippen LogP contribution is 2.43. The highest BCUT2D eigenvalue weighted by molar-refractivity contribution is 7.26. The van der Waals surface area contributed by atoms with Crippen molar-refractivity contribution in [2.75, 3.05) is 0 Å². The molecule has 4 nitrogen and oxygen atoms in total. The van der Waals surface area contributed by atoms with Gasteiger partial charge in [0.25, 0.3) is 0 Å². The fourth-order valence-corrected chi connectivity index (χ4v) is 7.23. The van der Waals surface area contributed by atoms with Gasteiger partial charge in [0.05, 0.1) is 28.1 Å². The summed E-state index contributed by atoms with van der Waals surface area (Å²) >= 11 is 1.89. The van der Waals surface area contributed by atoms with Gasteiger partial charge in [0.15, 0.2) is 0 Å². The largest absolute Gasteiger partial charge is 0.310 e. The van der Waals surface area contributed by atoms with Crippen LogP contribution < -0.4 is 16.0 Å². The number of benzene rings is 5. The van der Waals surface area contributed by atoms with E-state index >= 15 is 0 Å². The number of aromatic nitrogens is 1. The highest BCUT2D eigenvalue weighted by atomic mass is 32.1. The molecule has 5 heteroatoms. The Morgan fingerprint density at radius 3 is 1.79 bits per heavy atom. The van der Waals surface area contributed by atoms with Crippen LogP contribution in [-0.4, -0.2) is 4.57 Å². The molecule has 3 N–H and O–H groups in total. The monoisotopic (exact) mass is 510 g/mol. The average molecular weight is 511 g/mol. The van der Waals surface area contributed by atoms with E-state index < -0.39 is 0 Å². The van der Waals surface area contributed by atoms with Crippen LogP contribution in [0.25, 0.3) is 42.0 Å². The molecule has 1 fully saturated rings. The summed E-state index contributed by atoms with van der Waals surface area (Å²) in [5.74, 6) is 0. The van der Waals surface area contributed by atoms with Gasteiger partial charge in [0.2, 0.25) is 0 Å². The third kappa shape index (κ3) is 3.41. The van der Waals surface area contributed by atoms with Gasteiger partial charge in [-0.2, -0.15) is 0 Å². The van der Waals surface area contributed by atoms with Crippen LogP contribution in [0.2, 0.25) is 0 Å². The van der Waals surface area contributed by atoms with Crippen molar-refractivity contribution in [1.29, 1.82) is 0 Å². The standard InChI is InChI=1S/C33H26N4S/c1-3-11-21(12-4-1)31-34-32(22-13-5-2-6-14-22)36-33(35-31)37-27-17-9-7-15-23(27)25-19-20-26-24-16-8-10-18-28(24)38-30(26)29(25)37/h1-20,31-36H. The molecule has 2 unspecified atom stereocenters. The van der Waals surface area contributed by atoms with Gasteiger partial charge in [-0.25, -0.2) is 0 Å². The minimum Gasteiger partial charge on any atom is -0.310 e. The van der Waals surface area contributed by atoms with E-state index in [1.807, 2.05) is 11.3 Å². The zero-order valence-corrected chi connectivity index (χ0v) is 21.5. The summed E-state index contributed by atoms with van der Waals surface area (Å²) in [5.41, 5.74) is 4.92. The Bertz CT molecular complexity index is 1880. The number of fused-ring (bicyclic) bond motifs is 7. The molecule has 1 aliphatic heterocycles. The van der Waals surface area contributed by atoms with E-state index in [0.29, 0.717) is 0 Å². The number of hydrogen-bond acceptors (Lipinski definition) is 4. The van der Waals surface area contributed by atoms with Crippen LogP contribution in [0.1, 0.15) is 29.7 Å². The first-order chi connectivity index (χ1) is 18.8. The molecule has 0 saturated carbocycles. The molecule has 38 heavy (non-hydrogen) atoms. The number of nitrogens with zero attached hydrogens (tertiary/aromatic N) is 1. The molecule has 2 aromatic heterocycles. The Labute approximate surface area is 224 Å². The van der Waals surface area contributed by atoms with Gasteiger partial charge in [-0.1, -0.05) is 109 Å². The number of nitrogens with one attached hydrogen (secondary N) is 3. The van der Waals surface area contributed by atoms with Gasteiger partial charge in [-0.15, -0.1) is 11.3 Å². The Morgan fingerprint density at radius 2 is 1.08 bits per heavy atom. The summed E-state index contributed by atoms with van der Waals surface area (Å²) in [7, 11) is 0. The maximum absolute atomic E-state index is 3.90. The maximum atomic E-state index is 3.90. The van der Waals surface area contributed by atoms with Crippen LogP contribution in [0.5, 0.6) is 0 Å². The van der Waals surface area contributed by atoms with Crippen molar-refractivity contribution >= 4 is 53.3 Å². The van der Waals surface area contributed by atoms with Crippen LogP contribution in [-0.2, 0) is 0 Å². The van der Waals surface area contributed by atoms with Crippen molar-refractivity contribution in [3.63, 3.8) is 0 Å². The van der Waals surface area contributed by atoms with Crippen molar-refractivity contribution in [1.82, 2.24) is 20.5 Å². The summed E-state index contributed by atoms with van der Waals surface area (Å²) in [6, 6.07) is 43.4. The van der Waals surface area contributed by atoms with Gasteiger partial charge in [-0.05, 0) is 23.3 Å². The Morgan fingerprint density at radius 1 is 0.500 bits per heavy atom. The van der Waals surface area contributed by atoms with Crippen molar-refractivity contribution < 1.29 is 0 Å². The molecular weight excluding hydrogens is 484 g/mol. The minimum absolute atomic E-state index is 0.0227. The molecule has 0 bridgehead atoms. The van der Waals surface area contributed by atoms with Crippen LogP contribution in [0, 0.1) is 0 Å². The first kappa shape index (κ1) is 22.0. The van der Waals surface area contributed by atoms with Gasteiger partial charge in [-0.3, -0.25) is 16.0 Å². The maximum Gasteiger partial charge on any atom is 0.142 e. The zero-order valence-electron chi connectivity index (χ0n) is 20.6. The molecule has 0 radical (unpaired) electrons. The first-order valence-corrected chi connectivity index (χ1v) is 13.9. The lowest BCUT2D eigenvalue weighted by Crippen LogP contribution is -2.56. The van der Waals surface area contributed by atoms with Gasteiger partial charge < -0.3 is 4.57 Å². The predicted octanol–water partition coefficient (Wildman–Crippen LogP) is 7.80. The second-order valence-corrected chi connectivity index (χ2v) is 11.0. The molecule has 8 rings (SSSR count). The lowest BCUT2D eigenvalue weighted by molar-refractivity contribution is 0.161. The molecule has 0 spiro atoms. The molecule has 1 saturated heterocycles. The second-order valence-electron chi connectivity index (χ2n) is 9.91. The Balaban J connectivity index is 1.39. The molecular formula is C33H26N4S. The topological polar surface area (TPSA) is 41.0 Å².